The molecule has 1 aliphatic rings. The molecule has 0 aliphatic heterocycles. The Bertz CT molecular complexity index is 547. The van der Waals surface area contributed by atoms with E-state index in [0.29, 0.717) is 56.8 Å². The molecule has 3 unspecified atom stereocenters. The lowest BCUT2D eigenvalue weighted by molar-refractivity contribution is -0.146. The summed E-state index contributed by atoms with van der Waals surface area (Å²) < 4.78 is 16.0. The second-order valence-corrected chi connectivity index (χ2v) is 9.54. The van der Waals surface area contributed by atoms with Gasteiger partial charge in [0, 0.05) is 19.3 Å². The highest BCUT2D eigenvalue weighted by Gasteiger charge is 2.31. The summed E-state index contributed by atoms with van der Waals surface area (Å²) in [5.41, 5.74) is 0. The Morgan fingerprint density at radius 2 is 1.03 bits per heavy atom. The molecule has 0 spiro atoms. The minimum atomic E-state index is -0.122. The van der Waals surface area contributed by atoms with Crippen molar-refractivity contribution in [2.45, 2.75) is 117 Å². The van der Waals surface area contributed by atoms with Crippen LogP contribution in [0.5, 0.6) is 0 Å². The molecule has 0 aromatic rings. The number of carbonyl (C=O) groups excluding carboxylic acids is 3. The molecular formula is C27H48O6. The van der Waals surface area contributed by atoms with Crippen molar-refractivity contribution in [3.8, 4) is 0 Å². The van der Waals surface area contributed by atoms with E-state index in [-0.39, 0.29) is 17.9 Å². The van der Waals surface area contributed by atoms with Crippen molar-refractivity contribution in [3.05, 3.63) is 0 Å². The van der Waals surface area contributed by atoms with Crippen LogP contribution in [0.4, 0.5) is 0 Å². The zero-order valence-electron chi connectivity index (χ0n) is 21.4. The van der Waals surface area contributed by atoms with E-state index in [0.717, 1.165) is 77.0 Å². The van der Waals surface area contributed by atoms with Gasteiger partial charge in [-0.2, -0.15) is 0 Å². The maximum Gasteiger partial charge on any atom is 0.305 e. The molecule has 1 fully saturated rings. The molecule has 1 aliphatic carbocycles. The van der Waals surface area contributed by atoms with E-state index < -0.39 is 0 Å². The number of carbonyl (C=O) groups is 3. The standard InChI is InChI=1S/C27H48O6/c1-4-7-18-31-25(28)15-11-22-10-12-23(13-16-26(29)32-19-8-5-2)24(21-22)14-17-27(30)33-20-9-6-3/h22-24H,4-21H2,1-3H3. The second kappa shape index (κ2) is 18.8. The van der Waals surface area contributed by atoms with Gasteiger partial charge in [-0.25, -0.2) is 0 Å². The third-order valence-corrected chi connectivity index (χ3v) is 6.73. The van der Waals surface area contributed by atoms with Crippen LogP contribution in [0.2, 0.25) is 0 Å². The number of rotatable bonds is 18. The maximum absolute atomic E-state index is 12.1. The molecule has 0 bridgehead atoms. The van der Waals surface area contributed by atoms with Crippen molar-refractivity contribution in [1.82, 2.24) is 0 Å². The molecule has 192 valence electrons. The monoisotopic (exact) mass is 468 g/mol. The van der Waals surface area contributed by atoms with Crippen LogP contribution >= 0.6 is 0 Å². The average Bonchev–Trinajstić information content (AvgIpc) is 2.81. The van der Waals surface area contributed by atoms with Gasteiger partial charge < -0.3 is 14.2 Å². The van der Waals surface area contributed by atoms with E-state index in [2.05, 4.69) is 20.8 Å². The van der Waals surface area contributed by atoms with Gasteiger partial charge in [-0.1, -0.05) is 46.5 Å². The summed E-state index contributed by atoms with van der Waals surface area (Å²) in [5, 5.41) is 0. The fraction of sp³-hybridized carbons (Fsp3) is 0.889. The molecule has 0 saturated heterocycles. The summed E-state index contributed by atoms with van der Waals surface area (Å²) in [4.78, 5) is 36.2. The first-order chi connectivity index (χ1) is 16.0. The first-order valence-electron chi connectivity index (χ1n) is 13.5. The van der Waals surface area contributed by atoms with Gasteiger partial charge in [0.2, 0.25) is 0 Å². The summed E-state index contributed by atoms with van der Waals surface area (Å²) in [6.07, 6.45) is 12.6. The van der Waals surface area contributed by atoms with Gasteiger partial charge in [0.1, 0.15) is 0 Å². The topological polar surface area (TPSA) is 78.9 Å². The Labute approximate surface area is 201 Å². The lowest BCUT2D eigenvalue weighted by Crippen LogP contribution is -2.27. The van der Waals surface area contributed by atoms with Crippen LogP contribution in [0.3, 0.4) is 0 Å². The van der Waals surface area contributed by atoms with Gasteiger partial charge in [-0.3, -0.25) is 14.4 Å². The summed E-state index contributed by atoms with van der Waals surface area (Å²) in [5.74, 6) is 0.928. The highest BCUT2D eigenvalue weighted by molar-refractivity contribution is 5.70. The number of hydrogen-bond donors (Lipinski definition) is 0. The van der Waals surface area contributed by atoms with Crippen LogP contribution in [0.25, 0.3) is 0 Å². The summed E-state index contributed by atoms with van der Waals surface area (Å²) in [6.45, 7) is 7.75. The van der Waals surface area contributed by atoms with E-state index in [9.17, 15) is 14.4 Å². The molecule has 0 aromatic carbocycles. The van der Waals surface area contributed by atoms with E-state index >= 15 is 0 Å². The van der Waals surface area contributed by atoms with Crippen molar-refractivity contribution >= 4 is 17.9 Å². The smallest absolute Gasteiger partial charge is 0.305 e. The predicted molar refractivity (Wildman–Crippen MR) is 130 cm³/mol. The van der Waals surface area contributed by atoms with Crippen molar-refractivity contribution in [2.75, 3.05) is 19.8 Å². The normalized spacial score (nSPS) is 20.3. The third kappa shape index (κ3) is 14.3. The molecule has 0 radical (unpaired) electrons. The number of unbranched alkanes of at least 4 members (excludes halogenated alkanes) is 3. The van der Waals surface area contributed by atoms with Gasteiger partial charge in [0.05, 0.1) is 19.8 Å². The Morgan fingerprint density at radius 1 is 0.606 bits per heavy atom. The number of hydrogen-bond acceptors (Lipinski definition) is 6. The Morgan fingerprint density at radius 3 is 1.48 bits per heavy atom. The van der Waals surface area contributed by atoms with Crippen LogP contribution in [0.15, 0.2) is 0 Å². The summed E-state index contributed by atoms with van der Waals surface area (Å²) >= 11 is 0. The molecule has 3 atom stereocenters. The molecule has 1 saturated carbocycles. The Balaban J connectivity index is 2.52. The summed E-state index contributed by atoms with van der Waals surface area (Å²) in [6, 6.07) is 0. The second-order valence-electron chi connectivity index (χ2n) is 9.54. The maximum atomic E-state index is 12.1. The van der Waals surface area contributed by atoms with Crippen LogP contribution in [-0.4, -0.2) is 37.7 Å². The number of ether oxygens (including phenoxy) is 3. The quantitative estimate of drug-likeness (QED) is 0.132. The zero-order chi connectivity index (χ0) is 24.3. The minimum Gasteiger partial charge on any atom is -0.466 e. The van der Waals surface area contributed by atoms with Gasteiger partial charge >= 0.3 is 17.9 Å². The SMILES string of the molecule is CCCCOC(=O)CCC1CCC(CCC(=O)OCCCC)C(CCC(=O)OCCCC)C1. The highest BCUT2D eigenvalue weighted by Crippen LogP contribution is 2.41. The molecule has 0 N–H and O–H groups in total. The fourth-order valence-electron chi connectivity index (χ4n) is 4.56. The molecule has 6 nitrogen and oxygen atoms in total. The van der Waals surface area contributed by atoms with Crippen molar-refractivity contribution in [3.63, 3.8) is 0 Å². The first-order valence-corrected chi connectivity index (χ1v) is 13.5. The van der Waals surface area contributed by atoms with Crippen LogP contribution < -0.4 is 0 Å². The van der Waals surface area contributed by atoms with E-state index in [1.807, 2.05) is 0 Å². The highest BCUT2D eigenvalue weighted by atomic mass is 16.5. The van der Waals surface area contributed by atoms with Gasteiger partial charge in [0.15, 0.2) is 0 Å². The predicted octanol–water partition coefficient (Wildman–Crippen LogP) is 6.39. The van der Waals surface area contributed by atoms with Crippen LogP contribution in [0, 0.1) is 17.8 Å². The van der Waals surface area contributed by atoms with Crippen LogP contribution in [0.1, 0.15) is 117 Å². The van der Waals surface area contributed by atoms with Crippen molar-refractivity contribution < 1.29 is 28.6 Å². The molecule has 0 amide bonds. The lowest BCUT2D eigenvalue weighted by Gasteiger charge is -2.36. The molecule has 1 rings (SSSR count). The zero-order valence-corrected chi connectivity index (χ0v) is 21.4. The lowest BCUT2D eigenvalue weighted by atomic mass is 9.69. The largest absolute Gasteiger partial charge is 0.466 e. The van der Waals surface area contributed by atoms with E-state index in [4.69, 9.17) is 14.2 Å². The van der Waals surface area contributed by atoms with Crippen molar-refractivity contribution in [2.24, 2.45) is 17.8 Å². The van der Waals surface area contributed by atoms with Crippen LogP contribution in [-0.2, 0) is 28.6 Å². The number of esters is 3. The molecule has 0 heterocycles. The third-order valence-electron chi connectivity index (χ3n) is 6.73. The fourth-order valence-corrected chi connectivity index (χ4v) is 4.56. The first kappa shape index (κ1) is 29.4. The van der Waals surface area contributed by atoms with Gasteiger partial charge in [-0.15, -0.1) is 0 Å². The molecule has 6 heteroatoms. The van der Waals surface area contributed by atoms with E-state index in [1.54, 1.807) is 0 Å². The molecule has 33 heavy (non-hydrogen) atoms. The van der Waals surface area contributed by atoms with Gasteiger partial charge in [-0.05, 0) is 69.1 Å². The minimum absolute atomic E-state index is 0.101. The Kier molecular flexibility index (Phi) is 16.8. The summed E-state index contributed by atoms with van der Waals surface area (Å²) in [7, 11) is 0. The molecular weight excluding hydrogens is 420 g/mol. The average molecular weight is 469 g/mol. The Hall–Kier alpha value is -1.59. The molecule has 0 aromatic heterocycles. The van der Waals surface area contributed by atoms with Gasteiger partial charge in [0.25, 0.3) is 0 Å². The van der Waals surface area contributed by atoms with E-state index in [1.165, 1.54) is 0 Å². The van der Waals surface area contributed by atoms with Crippen molar-refractivity contribution in [1.29, 1.82) is 0 Å².